The molecular formula is C26H24Br2N2O5S. The average Bonchev–Trinajstić information content (AvgIpc) is 2.87. The molecule has 2 amide bonds. The smallest absolute Gasteiger partial charge is 0.314 e. The second-order valence-corrected chi connectivity index (χ2v) is 12.6. The Kier molecular flexibility index (Phi) is 8.17. The molecule has 7 nitrogen and oxygen atoms in total. The molecule has 3 aromatic carbocycles. The Labute approximate surface area is 227 Å². The van der Waals surface area contributed by atoms with E-state index in [1.165, 1.54) is 4.90 Å². The fourth-order valence-electron chi connectivity index (χ4n) is 3.92. The van der Waals surface area contributed by atoms with E-state index in [9.17, 15) is 18.0 Å². The summed E-state index contributed by atoms with van der Waals surface area (Å²) in [7, 11) is -3.52. The Hall–Kier alpha value is -2.69. The molecule has 1 aliphatic heterocycles. The van der Waals surface area contributed by atoms with Crippen molar-refractivity contribution in [3.8, 4) is 11.5 Å². The van der Waals surface area contributed by atoms with Gasteiger partial charge in [-0.15, -0.1) is 0 Å². The molecule has 1 N–H and O–H groups in total. The summed E-state index contributed by atoms with van der Waals surface area (Å²) in [4.78, 5) is 27.3. The zero-order chi connectivity index (χ0) is 25.9. The Morgan fingerprint density at radius 3 is 2.17 bits per heavy atom. The van der Waals surface area contributed by atoms with Crippen LogP contribution >= 0.6 is 31.9 Å². The number of hydrogen-bond donors (Lipinski definition) is 1. The van der Waals surface area contributed by atoms with Crippen molar-refractivity contribution in [2.24, 2.45) is 0 Å². The van der Waals surface area contributed by atoms with Crippen molar-refractivity contribution >= 4 is 59.2 Å². The number of likely N-dealkylation sites (tertiary alicyclic amines) is 1. The van der Waals surface area contributed by atoms with E-state index in [4.69, 9.17) is 4.74 Å². The van der Waals surface area contributed by atoms with Gasteiger partial charge in [0.2, 0.25) is 0 Å². The number of nitrogens with one attached hydrogen (secondary N) is 1. The number of ether oxygens (including phenoxy) is 1. The first-order chi connectivity index (χ1) is 17.1. The minimum atomic E-state index is -3.52. The molecule has 1 saturated heterocycles. The predicted octanol–water partition coefficient (Wildman–Crippen LogP) is 5.72. The van der Waals surface area contributed by atoms with Gasteiger partial charge in [0.25, 0.3) is 0 Å². The van der Waals surface area contributed by atoms with E-state index in [1.54, 1.807) is 42.5 Å². The van der Waals surface area contributed by atoms with E-state index < -0.39 is 26.9 Å². The number of carbonyl (C=O) groups excluding carboxylic acids is 2. The number of amides is 2. The van der Waals surface area contributed by atoms with Crippen molar-refractivity contribution in [2.45, 2.75) is 29.9 Å². The zero-order valence-electron chi connectivity index (χ0n) is 19.4. The number of benzene rings is 3. The molecule has 1 heterocycles. The number of anilines is 1. The minimum Gasteiger partial charge on any atom is -0.455 e. The van der Waals surface area contributed by atoms with E-state index >= 15 is 0 Å². The number of piperidine rings is 1. The molecule has 188 valence electrons. The fourth-order valence-corrected chi connectivity index (χ4v) is 6.26. The van der Waals surface area contributed by atoms with Crippen LogP contribution in [0.15, 0.2) is 80.6 Å². The molecule has 3 aromatic rings. The van der Waals surface area contributed by atoms with Crippen molar-refractivity contribution in [2.75, 3.05) is 18.4 Å². The average molecular weight is 636 g/mol. The Bertz CT molecular complexity index is 1370. The summed E-state index contributed by atoms with van der Waals surface area (Å²) in [6, 6.07) is 19.1. The highest BCUT2D eigenvalue weighted by Crippen LogP contribution is 2.33. The number of hydrogen-bond acceptors (Lipinski definition) is 5. The highest BCUT2D eigenvalue weighted by atomic mass is 79.9. The second kappa shape index (κ2) is 11.1. The first-order valence-electron chi connectivity index (χ1n) is 11.3. The van der Waals surface area contributed by atoms with Crippen LogP contribution in [0.25, 0.3) is 0 Å². The van der Waals surface area contributed by atoms with E-state index in [0.717, 1.165) is 14.5 Å². The summed E-state index contributed by atoms with van der Waals surface area (Å²) in [6.45, 7) is 2.33. The summed E-state index contributed by atoms with van der Waals surface area (Å²) in [5.41, 5.74) is 1.44. The van der Waals surface area contributed by atoms with Gasteiger partial charge in [0.1, 0.15) is 5.75 Å². The van der Waals surface area contributed by atoms with Gasteiger partial charge in [-0.1, -0.05) is 49.6 Å². The molecule has 0 bridgehead atoms. The Morgan fingerprint density at radius 1 is 0.917 bits per heavy atom. The summed E-state index contributed by atoms with van der Waals surface area (Å²) < 4.78 is 33.4. The van der Waals surface area contributed by atoms with Crippen LogP contribution in [0.4, 0.5) is 5.69 Å². The Balaban J connectivity index is 1.40. The quantitative estimate of drug-likeness (QED) is 0.362. The summed E-state index contributed by atoms with van der Waals surface area (Å²) in [5.74, 6) is -0.540. The lowest BCUT2D eigenvalue weighted by atomic mass is 10.1. The molecule has 0 aliphatic carbocycles. The number of halogens is 2. The van der Waals surface area contributed by atoms with Crippen LogP contribution in [0.1, 0.15) is 18.4 Å². The van der Waals surface area contributed by atoms with Gasteiger partial charge in [-0.05, 0) is 74.4 Å². The van der Waals surface area contributed by atoms with Crippen molar-refractivity contribution in [3.05, 3.63) is 81.2 Å². The van der Waals surface area contributed by atoms with Gasteiger partial charge in [0.15, 0.2) is 15.6 Å². The highest BCUT2D eigenvalue weighted by Gasteiger charge is 2.34. The lowest BCUT2D eigenvalue weighted by Crippen LogP contribution is -2.46. The predicted molar refractivity (Wildman–Crippen MR) is 145 cm³/mol. The van der Waals surface area contributed by atoms with Gasteiger partial charge in [-0.25, -0.2) is 8.42 Å². The molecular weight excluding hydrogens is 612 g/mol. The first-order valence-corrected chi connectivity index (χ1v) is 14.4. The van der Waals surface area contributed by atoms with E-state index in [0.29, 0.717) is 17.2 Å². The van der Waals surface area contributed by atoms with Crippen LogP contribution < -0.4 is 10.1 Å². The third kappa shape index (κ3) is 6.16. The maximum absolute atomic E-state index is 13.0. The van der Waals surface area contributed by atoms with Crippen LogP contribution in [0.2, 0.25) is 0 Å². The van der Waals surface area contributed by atoms with Crippen LogP contribution in [-0.4, -0.2) is 43.5 Å². The van der Waals surface area contributed by atoms with Gasteiger partial charge in [-0.3, -0.25) is 9.59 Å². The van der Waals surface area contributed by atoms with E-state index in [-0.39, 0.29) is 30.8 Å². The summed E-state index contributed by atoms with van der Waals surface area (Å²) in [5, 5.41) is 2.04. The second-order valence-electron chi connectivity index (χ2n) is 8.50. The third-order valence-corrected chi connectivity index (χ3v) is 9.25. The normalized spacial score (nSPS) is 14.4. The molecule has 4 rings (SSSR count). The number of rotatable bonds is 5. The molecule has 36 heavy (non-hydrogen) atoms. The zero-order valence-corrected chi connectivity index (χ0v) is 23.4. The molecule has 1 fully saturated rings. The molecule has 0 unspecified atom stereocenters. The van der Waals surface area contributed by atoms with Crippen LogP contribution in [0.5, 0.6) is 11.5 Å². The molecule has 0 saturated carbocycles. The van der Waals surface area contributed by atoms with Gasteiger partial charge in [-0.2, -0.15) is 0 Å². The van der Waals surface area contributed by atoms with Gasteiger partial charge >= 0.3 is 11.8 Å². The monoisotopic (exact) mass is 634 g/mol. The fraction of sp³-hybridized carbons (Fsp3) is 0.231. The largest absolute Gasteiger partial charge is 0.455 e. The topological polar surface area (TPSA) is 92.8 Å². The standard InChI is InChI=1S/C26H24Br2N2O5S/c1-17-2-7-20(8-3-17)35-24-16-19(28)6-11-23(24)29-25(31)26(32)30-14-12-22(13-15-30)36(33,34)21-9-4-18(27)5-10-21/h2-11,16,22H,12-15H2,1H3,(H,29,31). The Morgan fingerprint density at radius 2 is 1.53 bits per heavy atom. The van der Waals surface area contributed by atoms with Crippen molar-refractivity contribution in [1.29, 1.82) is 0 Å². The van der Waals surface area contributed by atoms with E-state index in [2.05, 4.69) is 37.2 Å². The van der Waals surface area contributed by atoms with Gasteiger partial charge in [0.05, 0.1) is 15.8 Å². The van der Waals surface area contributed by atoms with Crippen molar-refractivity contribution in [3.63, 3.8) is 0 Å². The molecule has 0 atom stereocenters. The lowest BCUT2D eigenvalue weighted by molar-refractivity contribution is -0.143. The third-order valence-electron chi connectivity index (χ3n) is 5.95. The highest BCUT2D eigenvalue weighted by molar-refractivity contribution is 9.10. The number of carbonyl (C=O) groups is 2. The maximum atomic E-state index is 13.0. The first kappa shape index (κ1) is 26.4. The summed E-state index contributed by atoms with van der Waals surface area (Å²) >= 11 is 6.71. The van der Waals surface area contributed by atoms with E-state index in [1.807, 2.05) is 31.2 Å². The number of sulfone groups is 1. The van der Waals surface area contributed by atoms with Gasteiger partial charge < -0.3 is 15.0 Å². The molecule has 0 aromatic heterocycles. The molecule has 0 radical (unpaired) electrons. The number of nitrogens with zero attached hydrogens (tertiary/aromatic N) is 1. The molecule has 10 heteroatoms. The van der Waals surface area contributed by atoms with Crippen molar-refractivity contribution < 1.29 is 22.7 Å². The maximum Gasteiger partial charge on any atom is 0.314 e. The molecule has 1 aliphatic rings. The van der Waals surface area contributed by atoms with Gasteiger partial charge in [0, 0.05) is 22.0 Å². The van der Waals surface area contributed by atoms with Crippen LogP contribution in [0, 0.1) is 6.92 Å². The lowest BCUT2D eigenvalue weighted by Gasteiger charge is -2.31. The van der Waals surface area contributed by atoms with Crippen LogP contribution in [-0.2, 0) is 19.4 Å². The number of aryl methyl sites for hydroxylation is 1. The minimum absolute atomic E-state index is 0.180. The summed E-state index contributed by atoms with van der Waals surface area (Å²) in [6.07, 6.45) is 0.523. The molecule has 0 spiro atoms. The van der Waals surface area contributed by atoms with Crippen LogP contribution in [0.3, 0.4) is 0 Å². The van der Waals surface area contributed by atoms with Crippen molar-refractivity contribution in [1.82, 2.24) is 4.90 Å². The SMILES string of the molecule is Cc1ccc(Oc2cc(Br)ccc2NC(=O)C(=O)N2CCC(S(=O)(=O)c3ccc(Br)cc3)CC2)cc1.